The van der Waals surface area contributed by atoms with Crippen molar-refractivity contribution in [3.63, 3.8) is 0 Å². The third-order valence-electron chi connectivity index (χ3n) is 3.91. The first-order valence-electron chi connectivity index (χ1n) is 8.44. The summed E-state index contributed by atoms with van der Waals surface area (Å²) in [6, 6.07) is 7.92. The van der Waals surface area contributed by atoms with Gasteiger partial charge in [0.2, 0.25) is 5.91 Å². The minimum atomic E-state index is -0.330. The van der Waals surface area contributed by atoms with E-state index in [0.717, 1.165) is 6.42 Å². The standard InChI is InChI=1S/C18H23N5O3/c1-3-11(2)17(25)21-13-6-4-5-12(9-13)18(26)20-8-7-15-22-14(19)10-16(24)23-15/h4-6,9-11H,3,7-8H2,1-2H3,(H,20,26)(H,21,25)(H3,19,22,23,24). The summed E-state index contributed by atoms with van der Waals surface area (Å²) < 4.78 is 0. The summed E-state index contributed by atoms with van der Waals surface area (Å²) in [6.07, 6.45) is 1.09. The molecule has 1 aromatic heterocycles. The van der Waals surface area contributed by atoms with Crippen LogP contribution in [0.5, 0.6) is 0 Å². The van der Waals surface area contributed by atoms with E-state index in [1.54, 1.807) is 24.3 Å². The van der Waals surface area contributed by atoms with E-state index in [9.17, 15) is 14.4 Å². The number of rotatable bonds is 7. The number of carbonyl (C=O) groups is 2. The average Bonchev–Trinajstić information content (AvgIpc) is 2.60. The molecule has 0 saturated carbocycles. The van der Waals surface area contributed by atoms with E-state index in [2.05, 4.69) is 20.6 Å². The molecule has 0 saturated heterocycles. The Morgan fingerprint density at radius 3 is 2.77 bits per heavy atom. The molecule has 0 bridgehead atoms. The minimum absolute atomic E-state index is 0.0817. The highest BCUT2D eigenvalue weighted by molar-refractivity contribution is 5.97. The van der Waals surface area contributed by atoms with Crippen LogP contribution in [0, 0.1) is 5.92 Å². The molecule has 1 unspecified atom stereocenters. The van der Waals surface area contributed by atoms with Crippen LogP contribution < -0.4 is 21.9 Å². The van der Waals surface area contributed by atoms with Crippen LogP contribution in [-0.2, 0) is 11.2 Å². The number of anilines is 2. The van der Waals surface area contributed by atoms with Gasteiger partial charge in [0, 0.05) is 36.2 Å². The first-order chi connectivity index (χ1) is 12.4. The fourth-order valence-corrected chi connectivity index (χ4v) is 2.23. The van der Waals surface area contributed by atoms with Gasteiger partial charge < -0.3 is 21.4 Å². The molecule has 8 heteroatoms. The minimum Gasteiger partial charge on any atom is -0.383 e. The molecule has 0 aliphatic heterocycles. The normalized spacial score (nSPS) is 11.6. The molecule has 0 radical (unpaired) electrons. The highest BCUT2D eigenvalue weighted by Gasteiger charge is 2.12. The molecule has 0 spiro atoms. The highest BCUT2D eigenvalue weighted by Crippen LogP contribution is 2.13. The maximum atomic E-state index is 12.3. The number of hydrogen-bond acceptors (Lipinski definition) is 5. The summed E-state index contributed by atoms with van der Waals surface area (Å²) in [4.78, 5) is 42.1. The van der Waals surface area contributed by atoms with E-state index in [-0.39, 0.29) is 35.7 Å². The topological polar surface area (TPSA) is 130 Å². The number of benzene rings is 1. The SMILES string of the molecule is CCC(C)C(=O)Nc1cccc(C(=O)NCCc2nc(N)cc(=O)[nH]2)c1. The molecule has 26 heavy (non-hydrogen) atoms. The second-order valence-electron chi connectivity index (χ2n) is 6.00. The zero-order valence-electron chi connectivity index (χ0n) is 14.8. The Kier molecular flexibility index (Phi) is 6.48. The van der Waals surface area contributed by atoms with Crippen LogP contribution in [0.1, 0.15) is 36.5 Å². The largest absolute Gasteiger partial charge is 0.383 e. The fourth-order valence-electron chi connectivity index (χ4n) is 2.23. The fraction of sp³-hybridized carbons (Fsp3) is 0.333. The van der Waals surface area contributed by atoms with Gasteiger partial charge in [-0.3, -0.25) is 14.4 Å². The number of nitrogens with zero attached hydrogens (tertiary/aromatic N) is 1. The molecule has 1 atom stereocenters. The van der Waals surface area contributed by atoms with Gasteiger partial charge in [-0.1, -0.05) is 19.9 Å². The first-order valence-corrected chi connectivity index (χ1v) is 8.44. The molecule has 1 aromatic carbocycles. The number of nitrogens with one attached hydrogen (secondary N) is 3. The van der Waals surface area contributed by atoms with Crippen molar-refractivity contribution >= 4 is 23.3 Å². The quantitative estimate of drug-likeness (QED) is 0.593. The molecular weight excluding hydrogens is 334 g/mol. The first kappa shape index (κ1) is 19.2. The van der Waals surface area contributed by atoms with Gasteiger partial charge in [-0.05, 0) is 24.6 Å². The zero-order chi connectivity index (χ0) is 19.1. The van der Waals surface area contributed by atoms with E-state index in [1.807, 2.05) is 13.8 Å². The number of nitrogen functional groups attached to an aromatic ring is 1. The van der Waals surface area contributed by atoms with Crippen LogP contribution in [0.15, 0.2) is 35.1 Å². The number of aromatic amines is 1. The van der Waals surface area contributed by atoms with Gasteiger partial charge in [0.15, 0.2) is 0 Å². The number of amides is 2. The van der Waals surface area contributed by atoms with Gasteiger partial charge in [0.25, 0.3) is 11.5 Å². The lowest BCUT2D eigenvalue weighted by molar-refractivity contribution is -0.119. The molecule has 0 aliphatic rings. The lowest BCUT2D eigenvalue weighted by atomic mass is 10.1. The van der Waals surface area contributed by atoms with Crippen molar-refractivity contribution in [3.8, 4) is 0 Å². The maximum Gasteiger partial charge on any atom is 0.252 e. The van der Waals surface area contributed by atoms with E-state index >= 15 is 0 Å². The van der Waals surface area contributed by atoms with Gasteiger partial charge in [-0.15, -0.1) is 0 Å². The maximum absolute atomic E-state index is 12.3. The van der Waals surface area contributed by atoms with E-state index < -0.39 is 0 Å². The van der Waals surface area contributed by atoms with Crippen LogP contribution in [0.2, 0.25) is 0 Å². The van der Waals surface area contributed by atoms with Crippen LogP contribution in [-0.4, -0.2) is 28.3 Å². The lowest BCUT2D eigenvalue weighted by Crippen LogP contribution is -2.27. The van der Waals surface area contributed by atoms with Gasteiger partial charge in [-0.25, -0.2) is 4.98 Å². The smallest absolute Gasteiger partial charge is 0.252 e. The van der Waals surface area contributed by atoms with E-state index in [1.165, 1.54) is 6.07 Å². The Labute approximate surface area is 151 Å². The van der Waals surface area contributed by atoms with Crippen molar-refractivity contribution in [2.45, 2.75) is 26.7 Å². The van der Waals surface area contributed by atoms with Gasteiger partial charge in [-0.2, -0.15) is 0 Å². The zero-order valence-corrected chi connectivity index (χ0v) is 14.8. The summed E-state index contributed by atoms with van der Waals surface area (Å²) in [5.74, 6) is 0.0859. The predicted octanol–water partition coefficient (Wildman–Crippen LogP) is 1.31. The number of H-pyrrole nitrogens is 1. The molecule has 8 nitrogen and oxygen atoms in total. The summed E-state index contributed by atoms with van der Waals surface area (Å²) >= 11 is 0. The second-order valence-corrected chi connectivity index (χ2v) is 6.00. The van der Waals surface area contributed by atoms with Gasteiger partial charge >= 0.3 is 0 Å². The molecule has 138 valence electrons. The summed E-state index contributed by atoms with van der Waals surface area (Å²) in [5.41, 5.74) is 6.19. The Morgan fingerprint density at radius 2 is 2.08 bits per heavy atom. The number of hydrogen-bond donors (Lipinski definition) is 4. The molecule has 2 rings (SSSR count). The van der Waals surface area contributed by atoms with Gasteiger partial charge in [0.05, 0.1) is 0 Å². The molecular formula is C18H23N5O3. The third-order valence-corrected chi connectivity index (χ3v) is 3.91. The molecule has 0 aliphatic carbocycles. The Balaban J connectivity index is 1.94. The number of aromatic nitrogens is 2. The Morgan fingerprint density at radius 1 is 1.31 bits per heavy atom. The third kappa shape index (κ3) is 5.44. The van der Waals surface area contributed by atoms with Crippen molar-refractivity contribution in [2.75, 3.05) is 17.6 Å². The van der Waals surface area contributed by atoms with Crippen LogP contribution in [0.3, 0.4) is 0 Å². The molecule has 2 aromatic rings. The lowest BCUT2D eigenvalue weighted by Gasteiger charge is -2.11. The van der Waals surface area contributed by atoms with Crippen molar-refractivity contribution in [1.82, 2.24) is 15.3 Å². The van der Waals surface area contributed by atoms with Crippen LogP contribution >= 0.6 is 0 Å². The van der Waals surface area contributed by atoms with Crippen molar-refractivity contribution < 1.29 is 9.59 Å². The highest BCUT2D eigenvalue weighted by atomic mass is 16.2. The second kappa shape index (κ2) is 8.80. The molecule has 2 amide bonds. The van der Waals surface area contributed by atoms with Gasteiger partial charge in [0.1, 0.15) is 11.6 Å². The summed E-state index contributed by atoms with van der Waals surface area (Å²) in [7, 11) is 0. The van der Waals surface area contributed by atoms with E-state index in [4.69, 9.17) is 5.73 Å². The van der Waals surface area contributed by atoms with Crippen molar-refractivity contribution in [1.29, 1.82) is 0 Å². The number of carbonyl (C=O) groups excluding carboxylic acids is 2. The van der Waals surface area contributed by atoms with E-state index in [0.29, 0.717) is 23.5 Å². The van der Waals surface area contributed by atoms with Crippen LogP contribution in [0.4, 0.5) is 11.5 Å². The molecule has 5 N–H and O–H groups in total. The molecule has 0 fully saturated rings. The summed E-state index contributed by atoms with van der Waals surface area (Å²) in [6.45, 7) is 4.08. The molecule has 1 heterocycles. The van der Waals surface area contributed by atoms with Crippen LogP contribution in [0.25, 0.3) is 0 Å². The monoisotopic (exact) mass is 357 g/mol. The van der Waals surface area contributed by atoms with Crippen molar-refractivity contribution in [3.05, 3.63) is 52.1 Å². The Bertz CT molecular complexity index is 847. The Hall–Kier alpha value is -3.16. The average molecular weight is 357 g/mol. The summed E-state index contributed by atoms with van der Waals surface area (Å²) in [5, 5.41) is 5.55. The number of nitrogens with two attached hydrogens (primary N) is 1. The van der Waals surface area contributed by atoms with Crippen molar-refractivity contribution in [2.24, 2.45) is 5.92 Å². The predicted molar refractivity (Wildman–Crippen MR) is 99.8 cm³/mol.